The molecular formula is C22H30N4O3. The van der Waals surface area contributed by atoms with E-state index in [9.17, 15) is 0 Å². The normalized spacial score (nSPS) is 14.1. The molecule has 3 aromatic rings. The van der Waals surface area contributed by atoms with Gasteiger partial charge in [0, 0.05) is 30.5 Å². The number of aromatic nitrogens is 1. The Balaban J connectivity index is 1.66. The van der Waals surface area contributed by atoms with E-state index in [0.717, 1.165) is 39.5 Å². The molecule has 156 valence electrons. The number of rotatable bonds is 7. The largest absolute Gasteiger partial charge is 0.490 e. The first-order valence-electron chi connectivity index (χ1n) is 9.99. The van der Waals surface area contributed by atoms with Crippen LogP contribution in [0.15, 0.2) is 38.2 Å². The molecule has 1 aromatic carbocycles. The molecule has 3 rings (SSSR count). The fraction of sp³-hybridized carbons (Fsp3) is 0.455. The van der Waals surface area contributed by atoms with Gasteiger partial charge in [0.2, 0.25) is 0 Å². The number of benzene rings is 1. The molecule has 0 saturated carbocycles. The third kappa shape index (κ3) is 4.55. The van der Waals surface area contributed by atoms with E-state index in [1.807, 2.05) is 52.0 Å². The average molecular weight is 399 g/mol. The lowest BCUT2D eigenvalue weighted by Gasteiger charge is -2.18. The standard InChI is InChI=1S/C22H30N4O3/c1-7-27-18-10-8-9-17-11-19(28-21(17)18)14(3)25-22(23-6)24-12-13(2)20-15(4)26-29-16(20)5/h8-11,13-14H,7,12H2,1-6H3,(H2,23,24,25). The molecule has 7 nitrogen and oxygen atoms in total. The summed E-state index contributed by atoms with van der Waals surface area (Å²) in [5, 5.41) is 11.8. The third-order valence-corrected chi connectivity index (χ3v) is 4.99. The number of ether oxygens (including phenoxy) is 1. The quantitative estimate of drug-likeness (QED) is 0.451. The van der Waals surface area contributed by atoms with Crippen molar-refractivity contribution in [3.8, 4) is 5.75 Å². The Hall–Kier alpha value is -2.96. The summed E-state index contributed by atoms with van der Waals surface area (Å²) in [5.41, 5.74) is 2.84. The lowest BCUT2D eigenvalue weighted by Crippen LogP contribution is -2.40. The maximum atomic E-state index is 6.08. The average Bonchev–Trinajstić information content (AvgIpc) is 3.29. The van der Waals surface area contributed by atoms with Crippen LogP contribution in [0.4, 0.5) is 0 Å². The Kier molecular flexibility index (Phi) is 6.46. The molecule has 7 heteroatoms. The van der Waals surface area contributed by atoms with Gasteiger partial charge in [0.1, 0.15) is 11.5 Å². The Morgan fingerprint density at radius 2 is 2.07 bits per heavy atom. The molecule has 0 fully saturated rings. The first-order valence-corrected chi connectivity index (χ1v) is 9.99. The van der Waals surface area contributed by atoms with Crippen LogP contribution in [0.3, 0.4) is 0 Å². The molecule has 2 aromatic heterocycles. The summed E-state index contributed by atoms with van der Waals surface area (Å²) in [6, 6.07) is 7.90. The van der Waals surface area contributed by atoms with Crippen LogP contribution in [-0.4, -0.2) is 31.3 Å². The number of nitrogens with one attached hydrogen (secondary N) is 2. The summed E-state index contributed by atoms with van der Waals surface area (Å²) in [7, 11) is 1.76. The van der Waals surface area contributed by atoms with Crippen molar-refractivity contribution in [3.63, 3.8) is 0 Å². The summed E-state index contributed by atoms with van der Waals surface area (Å²) in [6.07, 6.45) is 0. The van der Waals surface area contributed by atoms with Crippen LogP contribution >= 0.6 is 0 Å². The number of furan rings is 1. The van der Waals surface area contributed by atoms with Crippen molar-refractivity contribution in [2.24, 2.45) is 4.99 Å². The van der Waals surface area contributed by atoms with Gasteiger partial charge in [0.05, 0.1) is 18.3 Å². The van der Waals surface area contributed by atoms with Crippen LogP contribution in [0.1, 0.15) is 55.5 Å². The smallest absolute Gasteiger partial charge is 0.191 e. The van der Waals surface area contributed by atoms with E-state index in [1.54, 1.807) is 7.05 Å². The molecule has 0 aliphatic rings. The van der Waals surface area contributed by atoms with Gasteiger partial charge in [-0.1, -0.05) is 24.2 Å². The minimum atomic E-state index is -0.0579. The van der Waals surface area contributed by atoms with Gasteiger partial charge in [-0.2, -0.15) is 0 Å². The first-order chi connectivity index (χ1) is 13.9. The van der Waals surface area contributed by atoms with Crippen molar-refractivity contribution in [2.45, 2.75) is 46.6 Å². The van der Waals surface area contributed by atoms with Crippen molar-refractivity contribution in [3.05, 3.63) is 47.0 Å². The molecule has 0 aliphatic carbocycles. The number of fused-ring (bicyclic) bond motifs is 1. The highest BCUT2D eigenvalue weighted by Gasteiger charge is 2.18. The van der Waals surface area contributed by atoms with Crippen molar-refractivity contribution in [1.82, 2.24) is 15.8 Å². The zero-order valence-corrected chi connectivity index (χ0v) is 18.0. The van der Waals surface area contributed by atoms with Gasteiger partial charge in [-0.05, 0) is 39.8 Å². The minimum absolute atomic E-state index is 0.0579. The molecular weight excluding hydrogens is 368 g/mol. The SMILES string of the molecule is CCOc1cccc2cc(C(C)NC(=NC)NCC(C)c3c(C)noc3C)oc12. The fourth-order valence-electron chi connectivity index (χ4n) is 3.56. The maximum absolute atomic E-state index is 6.08. The molecule has 0 spiro atoms. The predicted molar refractivity (Wildman–Crippen MR) is 115 cm³/mol. The van der Waals surface area contributed by atoms with Gasteiger partial charge in [0.15, 0.2) is 17.3 Å². The van der Waals surface area contributed by atoms with E-state index in [4.69, 9.17) is 13.7 Å². The topological polar surface area (TPSA) is 84.8 Å². The second kappa shape index (κ2) is 9.03. The number of hydrogen-bond donors (Lipinski definition) is 2. The zero-order valence-electron chi connectivity index (χ0n) is 18.0. The van der Waals surface area contributed by atoms with Gasteiger partial charge in [-0.3, -0.25) is 4.99 Å². The summed E-state index contributed by atoms with van der Waals surface area (Å²) in [4.78, 5) is 4.34. The van der Waals surface area contributed by atoms with Crippen molar-refractivity contribution in [1.29, 1.82) is 0 Å². The number of aryl methyl sites for hydroxylation is 2. The van der Waals surface area contributed by atoms with Gasteiger partial charge < -0.3 is 24.3 Å². The number of aliphatic imine (C=N–C) groups is 1. The predicted octanol–water partition coefficient (Wildman–Crippen LogP) is 4.47. The van der Waals surface area contributed by atoms with Gasteiger partial charge >= 0.3 is 0 Å². The summed E-state index contributed by atoms with van der Waals surface area (Å²) < 4.78 is 17.0. The van der Waals surface area contributed by atoms with E-state index < -0.39 is 0 Å². The van der Waals surface area contributed by atoms with Crippen LogP contribution in [-0.2, 0) is 0 Å². The fourth-order valence-corrected chi connectivity index (χ4v) is 3.56. The van der Waals surface area contributed by atoms with E-state index >= 15 is 0 Å². The lowest BCUT2D eigenvalue weighted by molar-refractivity contribution is 0.336. The Morgan fingerprint density at radius 3 is 2.72 bits per heavy atom. The van der Waals surface area contributed by atoms with Crippen molar-refractivity contribution < 1.29 is 13.7 Å². The van der Waals surface area contributed by atoms with E-state index in [1.165, 1.54) is 0 Å². The molecule has 29 heavy (non-hydrogen) atoms. The second-order valence-electron chi connectivity index (χ2n) is 7.21. The highest BCUT2D eigenvalue weighted by molar-refractivity contribution is 5.84. The molecule has 2 N–H and O–H groups in total. The van der Waals surface area contributed by atoms with E-state index in [0.29, 0.717) is 19.1 Å². The molecule has 0 bridgehead atoms. The molecule has 0 radical (unpaired) electrons. The highest BCUT2D eigenvalue weighted by Crippen LogP contribution is 2.31. The Bertz CT molecular complexity index is 970. The van der Waals surface area contributed by atoms with Crippen LogP contribution in [0.2, 0.25) is 0 Å². The van der Waals surface area contributed by atoms with Crippen molar-refractivity contribution in [2.75, 3.05) is 20.2 Å². The van der Waals surface area contributed by atoms with Crippen LogP contribution < -0.4 is 15.4 Å². The second-order valence-corrected chi connectivity index (χ2v) is 7.21. The van der Waals surface area contributed by atoms with Gasteiger partial charge in [-0.15, -0.1) is 0 Å². The molecule has 0 amide bonds. The number of hydrogen-bond acceptors (Lipinski definition) is 5. The molecule has 2 unspecified atom stereocenters. The number of nitrogens with zero attached hydrogens (tertiary/aromatic N) is 2. The maximum Gasteiger partial charge on any atom is 0.191 e. The van der Waals surface area contributed by atoms with Crippen LogP contribution in [0.5, 0.6) is 5.75 Å². The molecule has 0 aliphatic heterocycles. The molecule has 2 atom stereocenters. The van der Waals surface area contributed by atoms with E-state index in [2.05, 4.69) is 27.7 Å². The van der Waals surface area contributed by atoms with Gasteiger partial charge in [0.25, 0.3) is 0 Å². The zero-order chi connectivity index (χ0) is 21.0. The van der Waals surface area contributed by atoms with Crippen LogP contribution in [0.25, 0.3) is 11.0 Å². The molecule has 2 heterocycles. The summed E-state index contributed by atoms with van der Waals surface area (Å²) in [6.45, 7) is 11.4. The van der Waals surface area contributed by atoms with Crippen LogP contribution in [0, 0.1) is 13.8 Å². The summed E-state index contributed by atoms with van der Waals surface area (Å²) in [5.74, 6) is 3.41. The molecule has 0 saturated heterocycles. The van der Waals surface area contributed by atoms with E-state index in [-0.39, 0.29) is 12.0 Å². The van der Waals surface area contributed by atoms with Gasteiger partial charge in [-0.25, -0.2) is 0 Å². The first kappa shape index (κ1) is 20.8. The Labute approximate surface area is 171 Å². The highest BCUT2D eigenvalue weighted by atomic mass is 16.5. The minimum Gasteiger partial charge on any atom is -0.490 e. The summed E-state index contributed by atoms with van der Waals surface area (Å²) >= 11 is 0. The Morgan fingerprint density at radius 1 is 1.28 bits per heavy atom. The number of guanidine groups is 1. The number of para-hydroxylation sites is 1. The third-order valence-electron chi connectivity index (χ3n) is 4.99. The monoisotopic (exact) mass is 398 g/mol. The lowest BCUT2D eigenvalue weighted by atomic mass is 10.00. The van der Waals surface area contributed by atoms with Crippen molar-refractivity contribution >= 4 is 16.9 Å².